The Morgan fingerprint density at radius 1 is 1.16 bits per heavy atom. The summed E-state index contributed by atoms with van der Waals surface area (Å²) in [5.74, 6) is -4.72. The number of nitrogens with zero attached hydrogens (tertiary/aromatic N) is 4. The average molecular weight is 530 g/mol. The lowest BCUT2D eigenvalue weighted by Crippen LogP contribution is -2.53. The van der Waals surface area contributed by atoms with E-state index in [0.29, 0.717) is 50.6 Å². The summed E-state index contributed by atoms with van der Waals surface area (Å²) in [6.07, 6.45) is 1.51. The predicted octanol–water partition coefficient (Wildman–Crippen LogP) is 3.54. The number of anilines is 2. The van der Waals surface area contributed by atoms with Gasteiger partial charge in [-0.3, -0.25) is 4.79 Å². The van der Waals surface area contributed by atoms with Gasteiger partial charge in [0, 0.05) is 49.4 Å². The maximum absolute atomic E-state index is 15.1. The summed E-state index contributed by atoms with van der Waals surface area (Å²) >= 11 is 0. The van der Waals surface area contributed by atoms with E-state index in [2.05, 4.69) is 20.4 Å². The number of aromatic nitrogens is 2. The molecule has 3 heterocycles. The minimum atomic E-state index is -3.77. The average Bonchev–Trinajstić information content (AvgIpc) is 2.86. The number of alkyl halides is 2. The number of fused-ring (bicyclic) bond motifs is 1. The monoisotopic (exact) mass is 529 g/mol. The molecule has 0 atom stereocenters. The molecule has 2 fully saturated rings. The smallest absolute Gasteiger partial charge is 0.303 e. The molecule has 8 nitrogen and oxygen atoms in total. The molecule has 2 N–H and O–H groups in total. The highest BCUT2D eigenvalue weighted by Gasteiger charge is 2.49. The lowest BCUT2D eigenvalue weighted by molar-refractivity contribution is -0.170. The Morgan fingerprint density at radius 2 is 1.89 bits per heavy atom. The van der Waals surface area contributed by atoms with Gasteiger partial charge in [0.15, 0.2) is 0 Å². The van der Waals surface area contributed by atoms with Crippen LogP contribution in [-0.4, -0.2) is 71.1 Å². The number of carbonyl (C=O) groups excluding carboxylic acids is 1. The minimum Gasteiger partial charge on any atom is -0.384 e. The molecule has 0 radical (unpaired) electrons. The zero-order chi connectivity index (χ0) is 27.1. The molecule has 0 aliphatic carbocycles. The van der Waals surface area contributed by atoms with E-state index in [4.69, 9.17) is 4.74 Å². The minimum absolute atomic E-state index is 0.0266. The molecule has 5 rings (SSSR count). The summed E-state index contributed by atoms with van der Waals surface area (Å²) in [6, 6.07) is 9.50. The number of aliphatic hydroxyl groups is 1. The van der Waals surface area contributed by atoms with Crippen molar-refractivity contribution in [2.24, 2.45) is 5.92 Å². The first-order valence-corrected chi connectivity index (χ1v) is 12.5. The molecule has 1 amide bonds. The SMILES string of the molecule is CC(C)(O)C(F)(F)c1cccc(CNc2cnnc3ccc(N4CCN(C(=O)C5COC5)CC4)cc23)c1F. The third-order valence-electron chi connectivity index (χ3n) is 7.22. The summed E-state index contributed by atoms with van der Waals surface area (Å²) in [5.41, 5.74) is -1.09. The number of piperazine rings is 1. The number of nitrogens with one attached hydrogen (secondary N) is 1. The summed E-state index contributed by atoms with van der Waals surface area (Å²) in [6.45, 7) is 5.43. The van der Waals surface area contributed by atoms with E-state index < -0.39 is 22.9 Å². The van der Waals surface area contributed by atoms with E-state index in [1.54, 1.807) is 0 Å². The van der Waals surface area contributed by atoms with Gasteiger partial charge in [0.2, 0.25) is 5.91 Å². The van der Waals surface area contributed by atoms with Gasteiger partial charge >= 0.3 is 5.92 Å². The lowest BCUT2D eigenvalue weighted by Gasteiger charge is -2.39. The molecule has 202 valence electrons. The second-order valence-corrected chi connectivity index (χ2v) is 10.3. The molecule has 3 aromatic rings. The van der Waals surface area contributed by atoms with E-state index in [1.807, 2.05) is 23.1 Å². The van der Waals surface area contributed by atoms with Gasteiger partial charge in [-0.05, 0) is 38.1 Å². The molecule has 2 saturated heterocycles. The topological polar surface area (TPSA) is 90.8 Å². The largest absolute Gasteiger partial charge is 0.384 e. The van der Waals surface area contributed by atoms with Crippen molar-refractivity contribution in [3.63, 3.8) is 0 Å². The van der Waals surface area contributed by atoms with Gasteiger partial charge in [0.25, 0.3) is 0 Å². The van der Waals surface area contributed by atoms with Crippen molar-refractivity contribution in [3.8, 4) is 0 Å². The fourth-order valence-electron chi connectivity index (χ4n) is 4.68. The highest BCUT2D eigenvalue weighted by atomic mass is 19.3. The Hall–Kier alpha value is -3.44. The van der Waals surface area contributed by atoms with E-state index >= 15 is 4.39 Å². The van der Waals surface area contributed by atoms with Gasteiger partial charge in [0.05, 0.1) is 42.1 Å². The summed E-state index contributed by atoms with van der Waals surface area (Å²) in [7, 11) is 0. The van der Waals surface area contributed by atoms with Crippen molar-refractivity contribution in [2.45, 2.75) is 31.9 Å². The maximum atomic E-state index is 15.1. The van der Waals surface area contributed by atoms with Crippen molar-refractivity contribution in [1.29, 1.82) is 0 Å². The second-order valence-electron chi connectivity index (χ2n) is 10.3. The van der Waals surface area contributed by atoms with Crippen molar-refractivity contribution in [1.82, 2.24) is 15.1 Å². The highest BCUT2D eigenvalue weighted by Crippen LogP contribution is 2.40. The van der Waals surface area contributed by atoms with E-state index in [0.717, 1.165) is 31.0 Å². The molecule has 2 aliphatic heterocycles. The zero-order valence-electron chi connectivity index (χ0n) is 21.3. The van der Waals surface area contributed by atoms with Crippen LogP contribution < -0.4 is 10.2 Å². The first kappa shape index (κ1) is 26.2. The molecule has 2 aromatic carbocycles. The van der Waals surface area contributed by atoms with Crippen LogP contribution in [0.1, 0.15) is 25.0 Å². The Kier molecular flexibility index (Phi) is 6.91. The number of ether oxygens (including phenoxy) is 1. The standard InChI is InChI=1S/C27H30F3N5O3/c1-26(2,37)27(29,30)21-5-3-4-17(24(21)28)13-31-23-14-32-33-22-7-6-19(12-20(22)23)34-8-10-35(11-9-34)25(36)18-15-38-16-18/h3-7,12,14,18,37H,8-11,13,15-16H2,1-2H3,(H,31,33). The first-order chi connectivity index (χ1) is 18.1. The molecule has 0 bridgehead atoms. The van der Waals surface area contributed by atoms with Crippen molar-refractivity contribution < 1.29 is 27.8 Å². The number of benzene rings is 2. The van der Waals surface area contributed by atoms with Crippen molar-refractivity contribution >= 4 is 28.2 Å². The van der Waals surface area contributed by atoms with Crippen molar-refractivity contribution in [2.75, 3.05) is 49.6 Å². The van der Waals surface area contributed by atoms with Gasteiger partial charge in [-0.1, -0.05) is 12.1 Å². The van der Waals surface area contributed by atoms with Gasteiger partial charge in [-0.15, -0.1) is 0 Å². The number of hydrogen-bond acceptors (Lipinski definition) is 7. The molecule has 38 heavy (non-hydrogen) atoms. The molecule has 0 saturated carbocycles. The molecule has 11 heteroatoms. The quantitative estimate of drug-likeness (QED) is 0.484. The van der Waals surface area contributed by atoms with Crippen LogP contribution >= 0.6 is 0 Å². The first-order valence-electron chi connectivity index (χ1n) is 12.5. The summed E-state index contributed by atoms with van der Waals surface area (Å²) in [4.78, 5) is 16.6. The van der Waals surface area contributed by atoms with Crippen molar-refractivity contribution in [3.05, 3.63) is 59.5 Å². The van der Waals surface area contributed by atoms with Crippen LogP contribution in [0.4, 0.5) is 24.5 Å². The van der Waals surface area contributed by atoms with Gasteiger partial charge in [-0.2, -0.15) is 19.0 Å². The van der Waals surface area contributed by atoms with E-state index in [-0.39, 0.29) is 23.9 Å². The van der Waals surface area contributed by atoms with Crippen LogP contribution in [0.25, 0.3) is 10.9 Å². The maximum Gasteiger partial charge on any atom is 0.303 e. The number of halogens is 3. The van der Waals surface area contributed by atoms with Gasteiger partial charge < -0.3 is 25.0 Å². The fourth-order valence-corrected chi connectivity index (χ4v) is 4.68. The van der Waals surface area contributed by atoms with Crippen LogP contribution in [0.2, 0.25) is 0 Å². The van der Waals surface area contributed by atoms with E-state index in [9.17, 15) is 18.7 Å². The molecule has 0 spiro atoms. The van der Waals surface area contributed by atoms with Gasteiger partial charge in [0.1, 0.15) is 11.4 Å². The fraction of sp³-hybridized carbons (Fsp3) is 0.444. The lowest BCUT2D eigenvalue weighted by atomic mass is 9.92. The third kappa shape index (κ3) is 4.88. The molecular formula is C27H30F3N5O3. The van der Waals surface area contributed by atoms with Crippen LogP contribution in [0, 0.1) is 11.7 Å². The number of hydrogen-bond donors (Lipinski definition) is 2. The highest BCUT2D eigenvalue weighted by molar-refractivity contribution is 5.93. The summed E-state index contributed by atoms with van der Waals surface area (Å²) < 4.78 is 49.6. The molecular weight excluding hydrogens is 499 g/mol. The number of amides is 1. The van der Waals surface area contributed by atoms with Crippen LogP contribution in [0.5, 0.6) is 0 Å². The normalized spacial score (nSPS) is 17.0. The number of carbonyl (C=O) groups is 1. The summed E-state index contributed by atoms with van der Waals surface area (Å²) in [5, 5.41) is 21.9. The van der Waals surface area contributed by atoms with Crippen LogP contribution in [-0.2, 0) is 22.0 Å². The third-order valence-corrected chi connectivity index (χ3v) is 7.22. The Bertz CT molecular complexity index is 1340. The molecule has 2 aliphatic rings. The molecule has 1 aromatic heterocycles. The molecule has 0 unspecified atom stereocenters. The number of rotatable bonds is 7. The predicted molar refractivity (Wildman–Crippen MR) is 137 cm³/mol. The zero-order valence-corrected chi connectivity index (χ0v) is 21.3. The Morgan fingerprint density at radius 3 is 2.55 bits per heavy atom. The Labute approximate surface area is 218 Å². The van der Waals surface area contributed by atoms with Crippen LogP contribution in [0.3, 0.4) is 0 Å². The Balaban J connectivity index is 1.32. The van der Waals surface area contributed by atoms with E-state index in [1.165, 1.54) is 18.3 Å². The van der Waals surface area contributed by atoms with Gasteiger partial charge in [-0.25, -0.2) is 4.39 Å². The second kappa shape index (κ2) is 10.0. The van der Waals surface area contributed by atoms with Crippen LogP contribution in [0.15, 0.2) is 42.6 Å².